The van der Waals surface area contributed by atoms with Crippen molar-refractivity contribution in [1.82, 2.24) is 4.31 Å². The number of aliphatic hydroxyl groups is 1. The number of sulfonamides is 1. The first kappa shape index (κ1) is 17.4. The van der Waals surface area contributed by atoms with Gasteiger partial charge in [-0.15, -0.1) is 0 Å². The quantitative estimate of drug-likeness (QED) is 0.849. The molecule has 0 spiro atoms. The van der Waals surface area contributed by atoms with Crippen LogP contribution >= 0.6 is 0 Å². The third kappa shape index (κ3) is 4.76. The van der Waals surface area contributed by atoms with Gasteiger partial charge in [0, 0.05) is 13.1 Å². The standard InChI is InChI=1S/C18H21NO3S/c1-16-9-11-18(12-10-16)23(21,22)19(14-15-20)13-5-8-17-6-3-2-4-7-17/h2-12,20H,13-15H2,1H3/b8-5+. The van der Waals surface area contributed by atoms with Gasteiger partial charge in [0.1, 0.15) is 0 Å². The number of rotatable bonds is 7. The molecule has 0 radical (unpaired) electrons. The van der Waals surface area contributed by atoms with Crippen LogP contribution in [0.1, 0.15) is 11.1 Å². The lowest BCUT2D eigenvalue weighted by Gasteiger charge is -2.19. The lowest BCUT2D eigenvalue weighted by Crippen LogP contribution is -2.33. The Morgan fingerprint density at radius 2 is 1.70 bits per heavy atom. The first-order chi connectivity index (χ1) is 11.0. The average Bonchev–Trinajstić information content (AvgIpc) is 2.55. The first-order valence-corrected chi connectivity index (χ1v) is 8.87. The van der Waals surface area contributed by atoms with Crippen LogP contribution in [0.5, 0.6) is 0 Å². The van der Waals surface area contributed by atoms with E-state index < -0.39 is 10.0 Å². The van der Waals surface area contributed by atoms with Crippen LogP contribution in [-0.4, -0.2) is 37.5 Å². The Hall–Kier alpha value is -1.95. The van der Waals surface area contributed by atoms with E-state index in [1.807, 2.05) is 43.3 Å². The number of aliphatic hydroxyl groups excluding tert-OH is 1. The Balaban J connectivity index is 2.16. The summed E-state index contributed by atoms with van der Waals surface area (Å²) >= 11 is 0. The van der Waals surface area contributed by atoms with Gasteiger partial charge in [-0.05, 0) is 24.6 Å². The molecule has 0 fully saturated rings. The molecule has 4 nitrogen and oxygen atoms in total. The molecule has 0 unspecified atom stereocenters. The van der Waals surface area contributed by atoms with Gasteiger partial charge in [0.05, 0.1) is 11.5 Å². The van der Waals surface area contributed by atoms with Crippen molar-refractivity contribution in [3.05, 3.63) is 71.8 Å². The summed E-state index contributed by atoms with van der Waals surface area (Å²) in [4.78, 5) is 0.240. The van der Waals surface area contributed by atoms with Gasteiger partial charge < -0.3 is 5.11 Å². The molecular formula is C18H21NO3S. The highest BCUT2D eigenvalue weighted by atomic mass is 32.2. The monoisotopic (exact) mass is 331 g/mol. The van der Waals surface area contributed by atoms with E-state index in [9.17, 15) is 13.5 Å². The van der Waals surface area contributed by atoms with E-state index in [1.54, 1.807) is 30.3 Å². The smallest absolute Gasteiger partial charge is 0.243 e. The van der Waals surface area contributed by atoms with Crippen molar-refractivity contribution in [3.63, 3.8) is 0 Å². The van der Waals surface area contributed by atoms with Gasteiger partial charge in [0.15, 0.2) is 0 Å². The van der Waals surface area contributed by atoms with Crippen LogP contribution in [0.25, 0.3) is 6.08 Å². The summed E-state index contributed by atoms with van der Waals surface area (Å²) in [6.07, 6.45) is 3.66. The molecule has 122 valence electrons. The molecular weight excluding hydrogens is 310 g/mol. The zero-order valence-corrected chi connectivity index (χ0v) is 13.9. The van der Waals surface area contributed by atoms with Crippen LogP contribution in [-0.2, 0) is 10.0 Å². The first-order valence-electron chi connectivity index (χ1n) is 7.43. The fraction of sp³-hybridized carbons (Fsp3) is 0.222. The Kier molecular flexibility index (Phi) is 6.10. The maximum Gasteiger partial charge on any atom is 0.243 e. The van der Waals surface area contributed by atoms with Crippen LogP contribution in [0.3, 0.4) is 0 Å². The molecule has 0 aliphatic rings. The molecule has 0 saturated carbocycles. The van der Waals surface area contributed by atoms with Gasteiger partial charge in [-0.3, -0.25) is 0 Å². The Labute approximate surface area is 137 Å². The van der Waals surface area contributed by atoms with Crippen molar-refractivity contribution in [1.29, 1.82) is 0 Å². The molecule has 0 aliphatic carbocycles. The van der Waals surface area contributed by atoms with E-state index in [4.69, 9.17) is 0 Å². The summed E-state index contributed by atoms with van der Waals surface area (Å²) in [5, 5.41) is 9.18. The molecule has 2 aromatic carbocycles. The lowest BCUT2D eigenvalue weighted by molar-refractivity contribution is 0.260. The van der Waals surface area contributed by atoms with Gasteiger partial charge in [-0.25, -0.2) is 8.42 Å². The summed E-state index contributed by atoms with van der Waals surface area (Å²) in [5.41, 5.74) is 2.01. The predicted molar refractivity (Wildman–Crippen MR) is 92.5 cm³/mol. The van der Waals surface area contributed by atoms with Gasteiger partial charge in [-0.1, -0.05) is 60.2 Å². The highest BCUT2D eigenvalue weighted by molar-refractivity contribution is 7.89. The highest BCUT2D eigenvalue weighted by Gasteiger charge is 2.22. The van der Waals surface area contributed by atoms with Crippen LogP contribution < -0.4 is 0 Å². The van der Waals surface area contributed by atoms with Gasteiger partial charge in [-0.2, -0.15) is 4.31 Å². The zero-order valence-electron chi connectivity index (χ0n) is 13.1. The largest absolute Gasteiger partial charge is 0.395 e. The fourth-order valence-electron chi connectivity index (χ4n) is 2.15. The average molecular weight is 331 g/mol. The molecule has 2 aromatic rings. The number of benzene rings is 2. The molecule has 0 aliphatic heterocycles. The minimum Gasteiger partial charge on any atom is -0.395 e. The molecule has 5 heteroatoms. The zero-order chi connectivity index (χ0) is 16.7. The normalized spacial score (nSPS) is 12.1. The van der Waals surface area contributed by atoms with Crippen molar-refractivity contribution < 1.29 is 13.5 Å². The van der Waals surface area contributed by atoms with E-state index in [0.29, 0.717) is 0 Å². The van der Waals surface area contributed by atoms with Crippen LogP contribution in [0.4, 0.5) is 0 Å². The van der Waals surface area contributed by atoms with Gasteiger partial charge in [0.25, 0.3) is 0 Å². The molecule has 23 heavy (non-hydrogen) atoms. The summed E-state index contributed by atoms with van der Waals surface area (Å²) in [7, 11) is -3.61. The van der Waals surface area contributed by atoms with Crippen molar-refractivity contribution >= 4 is 16.1 Å². The van der Waals surface area contributed by atoms with Gasteiger partial charge in [0.2, 0.25) is 10.0 Å². The second-order valence-corrected chi connectivity index (χ2v) is 7.15. The third-order valence-electron chi connectivity index (χ3n) is 3.43. The minimum absolute atomic E-state index is 0.0648. The van der Waals surface area contributed by atoms with Gasteiger partial charge >= 0.3 is 0 Å². The van der Waals surface area contributed by atoms with E-state index in [0.717, 1.165) is 11.1 Å². The molecule has 1 N–H and O–H groups in total. The second kappa shape index (κ2) is 8.06. The third-order valence-corrected chi connectivity index (χ3v) is 5.31. The summed E-state index contributed by atoms with van der Waals surface area (Å²) in [6, 6.07) is 16.4. The number of hydrogen-bond donors (Lipinski definition) is 1. The van der Waals surface area contributed by atoms with Crippen LogP contribution in [0, 0.1) is 6.92 Å². The number of aryl methyl sites for hydroxylation is 1. The van der Waals surface area contributed by atoms with Crippen molar-refractivity contribution in [2.24, 2.45) is 0 Å². The SMILES string of the molecule is Cc1ccc(S(=O)(=O)N(C/C=C/c2ccccc2)CCO)cc1. The van der Waals surface area contributed by atoms with Crippen LogP contribution in [0.15, 0.2) is 65.6 Å². The molecule has 0 bridgehead atoms. The van der Waals surface area contributed by atoms with Crippen molar-refractivity contribution in [2.45, 2.75) is 11.8 Å². The summed E-state index contributed by atoms with van der Waals surface area (Å²) < 4.78 is 26.6. The van der Waals surface area contributed by atoms with Crippen LogP contribution in [0.2, 0.25) is 0 Å². The van der Waals surface area contributed by atoms with Crippen molar-refractivity contribution in [3.8, 4) is 0 Å². The summed E-state index contributed by atoms with van der Waals surface area (Å²) in [5.74, 6) is 0. The summed E-state index contributed by atoms with van der Waals surface area (Å²) in [6.45, 7) is 1.97. The molecule has 0 atom stereocenters. The predicted octanol–water partition coefficient (Wildman–Crippen LogP) is 2.69. The highest BCUT2D eigenvalue weighted by Crippen LogP contribution is 2.16. The fourth-order valence-corrected chi connectivity index (χ4v) is 3.53. The molecule has 0 amide bonds. The Bertz CT molecular complexity index is 738. The number of nitrogens with zero attached hydrogens (tertiary/aromatic N) is 1. The Morgan fingerprint density at radius 3 is 2.30 bits per heavy atom. The minimum atomic E-state index is -3.61. The van der Waals surface area contributed by atoms with E-state index in [1.165, 1.54) is 4.31 Å². The maximum atomic E-state index is 12.7. The molecule has 0 heterocycles. The molecule has 2 rings (SSSR count). The second-order valence-electron chi connectivity index (χ2n) is 5.21. The lowest BCUT2D eigenvalue weighted by atomic mass is 10.2. The Morgan fingerprint density at radius 1 is 1.04 bits per heavy atom. The van der Waals surface area contributed by atoms with E-state index >= 15 is 0 Å². The maximum absolute atomic E-state index is 12.7. The van der Waals surface area contributed by atoms with E-state index in [2.05, 4.69) is 0 Å². The van der Waals surface area contributed by atoms with Crippen molar-refractivity contribution in [2.75, 3.05) is 19.7 Å². The molecule has 0 aromatic heterocycles. The number of hydrogen-bond acceptors (Lipinski definition) is 3. The van der Waals surface area contributed by atoms with E-state index in [-0.39, 0.29) is 24.6 Å². The molecule has 0 saturated heterocycles. The topological polar surface area (TPSA) is 57.6 Å².